The largest absolute Gasteiger partial charge is 0.378 e. The molecule has 1 fully saturated rings. The van der Waals surface area contributed by atoms with Crippen LogP contribution in [0.2, 0.25) is 5.02 Å². The molecule has 0 saturated carbocycles. The summed E-state index contributed by atoms with van der Waals surface area (Å²) in [6, 6.07) is 12.7. The van der Waals surface area contributed by atoms with Crippen LogP contribution < -0.4 is 15.5 Å². The summed E-state index contributed by atoms with van der Waals surface area (Å²) in [6.45, 7) is 3.02. The number of rotatable bonds is 3. The zero-order valence-electron chi connectivity index (χ0n) is 13.8. The van der Waals surface area contributed by atoms with E-state index < -0.39 is 0 Å². The molecule has 0 atom stereocenters. The fourth-order valence-electron chi connectivity index (χ4n) is 2.58. The molecular weight excluding hydrogens is 438 g/mol. The van der Waals surface area contributed by atoms with Crippen molar-refractivity contribution >= 4 is 62.1 Å². The first-order chi connectivity index (χ1) is 12.5. The van der Waals surface area contributed by atoms with Crippen molar-refractivity contribution in [3.63, 3.8) is 0 Å². The second kappa shape index (κ2) is 8.81. The number of carbonyl (C=O) groups excluding carboxylic acids is 1. The number of benzene rings is 2. The number of thiocarbonyl (C=S) groups is 1. The molecule has 3 rings (SSSR count). The lowest BCUT2D eigenvalue weighted by Crippen LogP contribution is -2.36. The minimum Gasteiger partial charge on any atom is -0.378 e. The molecule has 0 aromatic heterocycles. The van der Waals surface area contributed by atoms with E-state index in [4.69, 9.17) is 28.6 Å². The Hall–Kier alpha value is -1.67. The van der Waals surface area contributed by atoms with Gasteiger partial charge < -0.3 is 15.0 Å². The van der Waals surface area contributed by atoms with Crippen LogP contribution in [0.1, 0.15) is 10.4 Å². The molecule has 26 heavy (non-hydrogen) atoms. The van der Waals surface area contributed by atoms with Crippen LogP contribution in [0, 0.1) is 0 Å². The SMILES string of the molecule is O=C(NC(=S)Nc1ccc(N2CCOCC2)c(Cl)c1)c1ccc(Br)cc1. The van der Waals surface area contributed by atoms with Gasteiger partial charge in [0, 0.05) is 28.8 Å². The Balaban J connectivity index is 1.61. The molecule has 0 radical (unpaired) electrons. The van der Waals surface area contributed by atoms with Crippen LogP contribution in [0.3, 0.4) is 0 Å². The number of anilines is 2. The van der Waals surface area contributed by atoms with Gasteiger partial charge in [0.05, 0.1) is 23.9 Å². The van der Waals surface area contributed by atoms with E-state index in [2.05, 4.69) is 31.5 Å². The third-order valence-corrected chi connectivity index (χ3v) is 4.93. The minimum atomic E-state index is -0.272. The highest BCUT2D eigenvalue weighted by Gasteiger charge is 2.15. The predicted octanol–water partition coefficient (Wildman–Crippen LogP) is 4.07. The van der Waals surface area contributed by atoms with Gasteiger partial charge in [-0.05, 0) is 54.7 Å². The molecule has 0 unspecified atom stereocenters. The molecule has 0 bridgehead atoms. The second-order valence-electron chi connectivity index (χ2n) is 5.68. The van der Waals surface area contributed by atoms with Gasteiger partial charge in [-0.2, -0.15) is 0 Å². The number of hydrogen-bond donors (Lipinski definition) is 2. The van der Waals surface area contributed by atoms with Crippen molar-refractivity contribution in [1.82, 2.24) is 5.32 Å². The van der Waals surface area contributed by atoms with Gasteiger partial charge in [0.15, 0.2) is 5.11 Å². The summed E-state index contributed by atoms with van der Waals surface area (Å²) in [5, 5.41) is 6.49. The molecule has 0 spiro atoms. The van der Waals surface area contributed by atoms with E-state index >= 15 is 0 Å². The second-order valence-corrected chi connectivity index (χ2v) is 7.41. The minimum absolute atomic E-state index is 0.216. The number of hydrogen-bond acceptors (Lipinski definition) is 4. The molecule has 2 N–H and O–H groups in total. The number of nitrogens with zero attached hydrogens (tertiary/aromatic N) is 1. The van der Waals surface area contributed by atoms with Crippen LogP contribution in [-0.2, 0) is 4.74 Å². The Morgan fingerprint density at radius 3 is 2.50 bits per heavy atom. The molecule has 1 amide bonds. The highest BCUT2D eigenvalue weighted by molar-refractivity contribution is 9.10. The summed E-state index contributed by atoms with van der Waals surface area (Å²) >= 11 is 15.0. The summed E-state index contributed by atoms with van der Waals surface area (Å²) in [6.07, 6.45) is 0. The molecule has 1 heterocycles. The maximum atomic E-state index is 12.2. The quantitative estimate of drug-likeness (QED) is 0.685. The highest BCUT2D eigenvalue weighted by Crippen LogP contribution is 2.29. The van der Waals surface area contributed by atoms with Crippen LogP contribution in [0.25, 0.3) is 0 Å². The lowest BCUT2D eigenvalue weighted by atomic mass is 10.2. The summed E-state index contributed by atoms with van der Waals surface area (Å²) in [5.74, 6) is -0.272. The number of carbonyl (C=O) groups is 1. The first-order valence-electron chi connectivity index (χ1n) is 8.03. The fourth-order valence-corrected chi connectivity index (χ4v) is 3.36. The Morgan fingerprint density at radius 1 is 1.15 bits per heavy atom. The predicted molar refractivity (Wildman–Crippen MR) is 112 cm³/mol. The van der Waals surface area contributed by atoms with Gasteiger partial charge in [0.25, 0.3) is 5.91 Å². The summed E-state index contributed by atoms with van der Waals surface area (Å²) in [5.41, 5.74) is 2.21. The first-order valence-corrected chi connectivity index (χ1v) is 9.61. The molecule has 2 aromatic carbocycles. The van der Waals surface area contributed by atoms with E-state index in [0.29, 0.717) is 29.5 Å². The molecular formula is C18H17BrClN3O2S. The smallest absolute Gasteiger partial charge is 0.257 e. The van der Waals surface area contributed by atoms with Crippen LogP contribution in [0.4, 0.5) is 11.4 Å². The summed E-state index contributed by atoms with van der Waals surface area (Å²) in [4.78, 5) is 14.4. The molecule has 1 saturated heterocycles. The number of amides is 1. The van der Waals surface area contributed by atoms with Gasteiger partial charge in [-0.1, -0.05) is 27.5 Å². The fraction of sp³-hybridized carbons (Fsp3) is 0.222. The molecule has 136 valence electrons. The van der Waals surface area contributed by atoms with Crippen molar-refractivity contribution in [1.29, 1.82) is 0 Å². The number of ether oxygens (including phenoxy) is 1. The lowest BCUT2D eigenvalue weighted by Gasteiger charge is -2.29. The Labute approximate surface area is 170 Å². The molecule has 0 aliphatic carbocycles. The zero-order chi connectivity index (χ0) is 18.5. The van der Waals surface area contributed by atoms with Crippen LogP contribution in [0.15, 0.2) is 46.9 Å². The molecule has 5 nitrogen and oxygen atoms in total. The van der Waals surface area contributed by atoms with Crippen molar-refractivity contribution in [3.8, 4) is 0 Å². The Bertz CT molecular complexity index is 811. The summed E-state index contributed by atoms with van der Waals surface area (Å²) < 4.78 is 6.27. The lowest BCUT2D eigenvalue weighted by molar-refractivity contribution is 0.0977. The molecule has 1 aliphatic rings. The number of halogens is 2. The van der Waals surface area contributed by atoms with Crippen LogP contribution in [-0.4, -0.2) is 37.3 Å². The monoisotopic (exact) mass is 453 g/mol. The number of morpholine rings is 1. The van der Waals surface area contributed by atoms with Gasteiger partial charge >= 0.3 is 0 Å². The maximum Gasteiger partial charge on any atom is 0.257 e. The normalized spacial score (nSPS) is 14.0. The van der Waals surface area contributed by atoms with Gasteiger partial charge in [-0.3, -0.25) is 10.1 Å². The number of nitrogens with one attached hydrogen (secondary N) is 2. The van der Waals surface area contributed by atoms with E-state index in [-0.39, 0.29) is 11.0 Å². The van der Waals surface area contributed by atoms with Gasteiger partial charge in [0.2, 0.25) is 0 Å². The molecule has 1 aliphatic heterocycles. The highest BCUT2D eigenvalue weighted by atomic mass is 79.9. The van der Waals surface area contributed by atoms with Crippen LogP contribution >= 0.6 is 39.7 Å². The zero-order valence-corrected chi connectivity index (χ0v) is 17.0. The van der Waals surface area contributed by atoms with E-state index in [9.17, 15) is 4.79 Å². The van der Waals surface area contributed by atoms with E-state index in [0.717, 1.165) is 23.2 Å². The third-order valence-electron chi connectivity index (χ3n) is 3.89. The van der Waals surface area contributed by atoms with Crippen molar-refractivity contribution in [2.75, 3.05) is 36.5 Å². The van der Waals surface area contributed by atoms with Gasteiger partial charge in [-0.25, -0.2) is 0 Å². The van der Waals surface area contributed by atoms with Crippen LogP contribution in [0.5, 0.6) is 0 Å². The maximum absolute atomic E-state index is 12.2. The van der Waals surface area contributed by atoms with Gasteiger partial charge in [-0.15, -0.1) is 0 Å². The Morgan fingerprint density at radius 2 is 1.85 bits per heavy atom. The van der Waals surface area contributed by atoms with E-state index in [1.165, 1.54) is 0 Å². The third kappa shape index (κ3) is 4.94. The van der Waals surface area contributed by atoms with Gasteiger partial charge in [0.1, 0.15) is 0 Å². The standard InChI is InChI=1S/C18H17BrClN3O2S/c19-13-3-1-12(2-4-13)17(24)22-18(26)21-14-5-6-16(15(20)11-14)23-7-9-25-10-8-23/h1-6,11H,7-10H2,(H2,21,22,24,26). The average molecular weight is 455 g/mol. The van der Waals surface area contributed by atoms with Crippen molar-refractivity contribution < 1.29 is 9.53 Å². The molecule has 2 aromatic rings. The van der Waals surface area contributed by atoms with Crippen molar-refractivity contribution in [2.24, 2.45) is 0 Å². The summed E-state index contributed by atoms with van der Waals surface area (Å²) in [7, 11) is 0. The average Bonchev–Trinajstić information content (AvgIpc) is 2.63. The Kier molecular flexibility index (Phi) is 6.48. The van der Waals surface area contributed by atoms with Crippen molar-refractivity contribution in [2.45, 2.75) is 0 Å². The van der Waals surface area contributed by atoms with Crippen molar-refractivity contribution in [3.05, 3.63) is 57.5 Å². The topological polar surface area (TPSA) is 53.6 Å². The first kappa shape index (κ1) is 19.1. The van der Waals surface area contributed by atoms with E-state index in [1.54, 1.807) is 30.3 Å². The van der Waals surface area contributed by atoms with E-state index in [1.807, 2.05) is 12.1 Å². The molecule has 8 heteroatoms.